The first-order valence-corrected chi connectivity index (χ1v) is 10.7. The maximum absolute atomic E-state index is 12.9. The van der Waals surface area contributed by atoms with Crippen LogP contribution in [0.3, 0.4) is 0 Å². The van der Waals surface area contributed by atoms with Crippen molar-refractivity contribution in [1.82, 2.24) is 9.55 Å². The second-order valence-electron chi connectivity index (χ2n) is 6.29. The highest BCUT2D eigenvalue weighted by molar-refractivity contribution is 8.00. The topological polar surface area (TPSA) is 82.4 Å². The van der Waals surface area contributed by atoms with Gasteiger partial charge in [0.15, 0.2) is 5.16 Å². The van der Waals surface area contributed by atoms with E-state index in [1.807, 2.05) is 12.1 Å². The lowest BCUT2D eigenvalue weighted by Gasteiger charge is -2.13. The van der Waals surface area contributed by atoms with E-state index in [-0.39, 0.29) is 17.2 Å². The van der Waals surface area contributed by atoms with Crippen LogP contribution in [0.2, 0.25) is 0 Å². The number of thioether (sulfide) groups is 2. The van der Waals surface area contributed by atoms with Crippen LogP contribution in [0.25, 0.3) is 0 Å². The van der Waals surface area contributed by atoms with E-state index in [0.717, 1.165) is 12.1 Å². The summed E-state index contributed by atoms with van der Waals surface area (Å²) in [7, 11) is 3.15. The van der Waals surface area contributed by atoms with E-state index < -0.39 is 0 Å². The molecule has 1 aliphatic rings. The Morgan fingerprint density at radius 3 is 2.93 bits per heavy atom. The maximum Gasteiger partial charge on any atom is 0.268 e. The molecular weight excluding hydrogens is 398 g/mol. The Morgan fingerprint density at radius 1 is 1.39 bits per heavy atom. The van der Waals surface area contributed by atoms with Gasteiger partial charge in [-0.15, -0.1) is 11.8 Å². The van der Waals surface area contributed by atoms with E-state index in [1.165, 1.54) is 11.8 Å². The number of hydrogen-bond donors (Lipinski definition) is 1. The molecule has 1 amide bonds. The molecule has 0 spiro atoms. The fourth-order valence-corrected chi connectivity index (χ4v) is 4.84. The molecular formula is C19H23N3O4S2. The summed E-state index contributed by atoms with van der Waals surface area (Å²) in [5.41, 5.74) is 1.38. The molecule has 0 aliphatic carbocycles. The number of carbonyl (C=O) groups excluding carboxylic acids is 1. The van der Waals surface area contributed by atoms with Gasteiger partial charge >= 0.3 is 0 Å². The number of benzene rings is 1. The summed E-state index contributed by atoms with van der Waals surface area (Å²) in [4.78, 5) is 30.7. The molecule has 0 unspecified atom stereocenters. The Balaban J connectivity index is 1.76. The van der Waals surface area contributed by atoms with E-state index in [0.29, 0.717) is 39.9 Å². The molecule has 0 fully saturated rings. The molecule has 1 aliphatic heterocycles. The number of methoxy groups -OCH3 is 2. The highest BCUT2D eigenvalue weighted by Gasteiger charge is 2.26. The average molecular weight is 422 g/mol. The summed E-state index contributed by atoms with van der Waals surface area (Å²) >= 11 is 2.82. The maximum atomic E-state index is 12.9. The number of fused-ring (bicyclic) bond motifs is 1. The lowest BCUT2D eigenvalue weighted by Crippen LogP contribution is -2.27. The molecule has 0 saturated carbocycles. The van der Waals surface area contributed by atoms with Gasteiger partial charge < -0.3 is 14.8 Å². The predicted octanol–water partition coefficient (Wildman–Crippen LogP) is 2.67. The van der Waals surface area contributed by atoms with Crippen LogP contribution < -0.4 is 15.6 Å². The van der Waals surface area contributed by atoms with Crippen LogP contribution in [0.1, 0.15) is 12.6 Å². The zero-order valence-electron chi connectivity index (χ0n) is 16.1. The first kappa shape index (κ1) is 20.8. The second kappa shape index (κ2) is 9.49. The average Bonchev–Trinajstić information content (AvgIpc) is 3.07. The normalized spacial score (nSPS) is 15.3. The number of nitrogens with one attached hydrogen (secondary N) is 1. The minimum atomic E-state index is -0.190. The number of amides is 1. The Hall–Kier alpha value is -1.97. The minimum Gasteiger partial charge on any atom is -0.495 e. The minimum absolute atomic E-state index is 0.0518. The van der Waals surface area contributed by atoms with Crippen LogP contribution in [-0.2, 0) is 22.5 Å². The first-order chi connectivity index (χ1) is 13.5. The number of rotatable bonds is 8. The van der Waals surface area contributed by atoms with Crippen molar-refractivity contribution in [2.75, 3.05) is 31.9 Å². The first-order valence-electron chi connectivity index (χ1n) is 8.88. The van der Waals surface area contributed by atoms with E-state index in [1.54, 1.807) is 42.7 Å². The van der Waals surface area contributed by atoms with Gasteiger partial charge in [0.2, 0.25) is 5.91 Å². The van der Waals surface area contributed by atoms with E-state index in [4.69, 9.17) is 9.47 Å². The third-order valence-electron chi connectivity index (χ3n) is 4.20. The van der Waals surface area contributed by atoms with Crippen LogP contribution in [0, 0.1) is 0 Å². The molecule has 3 rings (SSSR count). The molecule has 0 saturated heterocycles. The Bertz CT molecular complexity index is 917. The summed E-state index contributed by atoms with van der Waals surface area (Å²) in [5, 5.41) is 3.72. The Labute approximate surface area is 172 Å². The van der Waals surface area contributed by atoms with Crippen molar-refractivity contribution in [2.45, 2.75) is 35.2 Å². The van der Waals surface area contributed by atoms with Crippen LogP contribution in [0.15, 0.2) is 39.1 Å². The smallest absolute Gasteiger partial charge is 0.268 e. The summed E-state index contributed by atoms with van der Waals surface area (Å²) < 4.78 is 12.0. The van der Waals surface area contributed by atoms with Crippen molar-refractivity contribution in [3.05, 3.63) is 40.3 Å². The van der Waals surface area contributed by atoms with Crippen molar-refractivity contribution in [3.8, 4) is 5.75 Å². The largest absolute Gasteiger partial charge is 0.495 e. The number of para-hydroxylation sites is 2. The van der Waals surface area contributed by atoms with Gasteiger partial charge in [0.1, 0.15) is 5.75 Å². The summed E-state index contributed by atoms with van der Waals surface area (Å²) in [6.07, 6.45) is 0.765. The number of anilines is 1. The molecule has 28 heavy (non-hydrogen) atoms. The van der Waals surface area contributed by atoms with E-state index >= 15 is 0 Å². The zero-order chi connectivity index (χ0) is 20.1. The molecule has 0 radical (unpaired) electrons. The van der Waals surface area contributed by atoms with Gasteiger partial charge in [-0.3, -0.25) is 14.2 Å². The molecule has 1 aromatic heterocycles. The molecule has 1 aromatic carbocycles. The number of ether oxygens (including phenoxy) is 2. The zero-order valence-corrected chi connectivity index (χ0v) is 17.7. The SMILES string of the molecule is COCCn1c(SCC(=O)Nc2ccccc2OC)nc2c(c1=O)S[C@@H](C)C2. The van der Waals surface area contributed by atoms with Crippen LogP contribution >= 0.6 is 23.5 Å². The Kier molecular flexibility index (Phi) is 7.03. The third-order valence-corrected chi connectivity index (χ3v) is 6.39. The highest BCUT2D eigenvalue weighted by atomic mass is 32.2. The molecule has 0 bridgehead atoms. The predicted molar refractivity (Wildman–Crippen MR) is 112 cm³/mol. The summed E-state index contributed by atoms with van der Waals surface area (Å²) in [6, 6.07) is 7.23. The molecule has 2 heterocycles. The van der Waals surface area contributed by atoms with Crippen molar-refractivity contribution in [3.63, 3.8) is 0 Å². The molecule has 1 N–H and O–H groups in total. The van der Waals surface area contributed by atoms with Gasteiger partial charge in [-0.2, -0.15) is 0 Å². The van der Waals surface area contributed by atoms with Gasteiger partial charge in [-0.05, 0) is 12.1 Å². The van der Waals surface area contributed by atoms with E-state index in [2.05, 4.69) is 17.2 Å². The van der Waals surface area contributed by atoms with Crippen LogP contribution in [0.5, 0.6) is 5.75 Å². The lowest BCUT2D eigenvalue weighted by atomic mass is 10.2. The van der Waals surface area contributed by atoms with Gasteiger partial charge in [-0.1, -0.05) is 30.8 Å². The van der Waals surface area contributed by atoms with Gasteiger partial charge in [-0.25, -0.2) is 4.98 Å². The van der Waals surface area contributed by atoms with Crippen LogP contribution in [0.4, 0.5) is 5.69 Å². The van der Waals surface area contributed by atoms with E-state index in [9.17, 15) is 9.59 Å². The molecule has 1 atom stereocenters. The molecule has 150 valence electrons. The second-order valence-corrected chi connectivity index (χ2v) is 8.68. The number of hydrogen-bond acceptors (Lipinski definition) is 7. The summed E-state index contributed by atoms with van der Waals surface area (Å²) in [6.45, 7) is 2.89. The number of carbonyl (C=O) groups is 1. The Morgan fingerprint density at radius 2 is 2.18 bits per heavy atom. The quantitative estimate of drug-likeness (QED) is 0.518. The standard InChI is InChI=1S/C19H23N3O4S2/c1-12-10-14-17(28-12)18(24)22(8-9-25-2)19(21-14)27-11-16(23)20-13-6-4-5-7-15(13)26-3/h4-7,12H,8-11H2,1-3H3,(H,20,23)/t12-/m0/s1. The number of nitrogens with zero attached hydrogens (tertiary/aromatic N) is 2. The molecule has 9 heteroatoms. The van der Waals surface area contributed by atoms with Crippen molar-refractivity contribution in [1.29, 1.82) is 0 Å². The van der Waals surface area contributed by atoms with Crippen molar-refractivity contribution >= 4 is 35.1 Å². The summed E-state index contributed by atoms with van der Waals surface area (Å²) in [5.74, 6) is 0.545. The van der Waals surface area contributed by atoms with Crippen LogP contribution in [-0.4, -0.2) is 47.3 Å². The third kappa shape index (κ3) is 4.71. The lowest BCUT2D eigenvalue weighted by molar-refractivity contribution is -0.113. The highest BCUT2D eigenvalue weighted by Crippen LogP contribution is 2.34. The fraction of sp³-hybridized carbons (Fsp3) is 0.421. The fourth-order valence-electron chi connectivity index (χ4n) is 2.89. The van der Waals surface area contributed by atoms with Gasteiger partial charge in [0, 0.05) is 18.8 Å². The van der Waals surface area contributed by atoms with Crippen molar-refractivity contribution < 1.29 is 14.3 Å². The van der Waals surface area contributed by atoms with Crippen molar-refractivity contribution in [2.24, 2.45) is 0 Å². The monoisotopic (exact) mass is 421 g/mol. The van der Waals surface area contributed by atoms with Gasteiger partial charge in [0.25, 0.3) is 5.56 Å². The number of aromatic nitrogens is 2. The van der Waals surface area contributed by atoms with Gasteiger partial charge in [0.05, 0.1) is 42.3 Å². The molecule has 7 nitrogen and oxygen atoms in total. The molecule has 2 aromatic rings.